The monoisotopic (exact) mass is 367 g/mol. The Hall–Kier alpha value is -2.57. The van der Waals surface area contributed by atoms with Crippen molar-refractivity contribution >= 4 is 11.7 Å². The van der Waals surface area contributed by atoms with Crippen molar-refractivity contribution in [2.75, 3.05) is 31.5 Å². The molecule has 2 aromatic carbocycles. The maximum absolute atomic E-state index is 12.6. The van der Waals surface area contributed by atoms with Gasteiger partial charge >= 0.3 is 6.03 Å². The van der Waals surface area contributed by atoms with Crippen molar-refractivity contribution in [1.82, 2.24) is 9.80 Å². The number of aryl methyl sites for hydroxylation is 1. The number of aliphatic hydroxyl groups excluding tert-OH is 1. The molecule has 27 heavy (non-hydrogen) atoms. The summed E-state index contributed by atoms with van der Waals surface area (Å²) in [7, 11) is 0. The lowest BCUT2D eigenvalue weighted by molar-refractivity contribution is 0.0669. The van der Waals surface area contributed by atoms with E-state index in [0.29, 0.717) is 37.1 Å². The summed E-state index contributed by atoms with van der Waals surface area (Å²) < 4.78 is 5.94. The predicted molar refractivity (Wildman–Crippen MR) is 104 cm³/mol. The molecule has 2 amide bonds. The van der Waals surface area contributed by atoms with Gasteiger partial charge in [-0.3, -0.25) is 4.90 Å². The highest BCUT2D eigenvalue weighted by molar-refractivity contribution is 5.91. The van der Waals surface area contributed by atoms with Crippen LogP contribution in [0.1, 0.15) is 12.0 Å². The maximum atomic E-state index is 12.6. The first-order valence-electron chi connectivity index (χ1n) is 9.40. The van der Waals surface area contributed by atoms with Crippen LogP contribution in [-0.2, 0) is 0 Å². The number of ether oxygens (including phenoxy) is 1. The zero-order valence-corrected chi connectivity index (χ0v) is 15.5. The van der Waals surface area contributed by atoms with Gasteiger partial charge in [-0.2, -0.15) is 0 Å². The van der Waals surface area contributed by atoms with Crippen molar-refractivity contribution in [2.24, 2.45) is 0 Å². The van der Waals surface area contributed by atoms with E-state index in [-0.39, 0.29) is 12.1 Å². The molecule has 2 fully saturated rings. The van der Waals surface area contributed by atoms with Crippen LogP contribution < -0.4 is 10.1 Å². The molecule has 1 atom stereocenters. The topological polar surface area (TPSA) is 65.0 Å². The Balaban J connectivity index is 1.39. The Bertz CT molecular complexity index is 806. The molecule has 6 heteroatoms. The number of nitrogens with zero attached hydrogens (tertiary/aromatic N) is 2. The van der Waals surface area contributed by atoms with Gasteiger partial charge in [-0.15, -0.1) is 0 Å². The van der Waals surface area contributed by atoms with Crippen LogP contribution in [0.2, 0.25) is 0 Å². The Morgan fingerprint density at radius 3 is 2.63 bits per heavy atom. The maximum Gasteiger partial charge on any atom is 0.322 e. The molecule has 0 spiro atoms. The Kier molecular flexibility index (Phi) is 5.01. The molecule has 4 rings (SSSR count). The summed E-state index contributed by atoms with van der Waals surface area (Å²) in [5.41, 5.74) is 1.72. The summed E-state index contributed by atoms with van der Waals surface area (Å²) in [5.74, 6) is 1.35. The minimum Gasteiger partial charge on any atom is -0.455 e. The molecule has 2 aromatic rings. The largest absolute Gasteiger partial charge is 0.455 e. The number of β-amino-alcohol motifs (C(OH)–C–C–N with tert-alkyl or cyclic N) is 1. The third kappa shape index (κ3) is 4.07. The number of aliphatic hydroxyl groups is 1. The number of rotatable bonds is 4. The highest BCUT2D eigenvalue weighted by atomic mass is 16.5. The summed E-state index contributed by atoms with van der Waals surface area (Å²) >= 11 is 0. The van der Waals surface area contributed by atoms with Crippen LogP contribution in [0, 0.1) is 6.92 Å². The number of urea groups is 1. The lowest BCUT2D eigenvalue weighted by atomic mass is 10.1. The molecule has 0 saturated carbocycles. The number of benzene rings is 2. The van der Waals surface area contributed by atoms with E-state index in [1.54, 1.807) is 4.90 Å². The number of hydrogen-bond donors (Lipinski definition) is 2. The van der Waals surface area contributed by atoms with Gasteiger partial charge in [-0.05, 0) is 43.2 Å². The summed E-state index contributed by atoms with van der Waals surface area (Å²) in [6, 6.07) is 15.5. The van der Waals surface area contributed by atoms with E-state index in [2.05, 4.69) is 10.2 Å². The number of para-hydroxylation sites is 1. The first-order chi connectivity index (χ1) is 13.1. The zero-order chi connectivity index (χ0) is 18.8. The summed E-state index contributed by atoms with van der Waals surface area (Å²) in [5, 5.41) is 12.7. The Labute approximate surface area is 159 Å². The third-order valence-corrected chi connectivity index (χ3v) is 5.21. The van der Waals surface area contributed by atoms with Gasteiger partial charge in [-0.1, -0.05) is 24.3 Å². The quantitative estimate of drug-likeness (QED) is 0.872. The lowest BCUT2D eigenvalue weighted by Gasteiger charge is -2.43. The summed E-state index contributed by atoms with van der Waals surface area (Å²) in [6.45, 7) is 5.00. The number of anilines is 1. The molecule has 0 radical (unpaired) electrons. The second kappa shape index (κ2) is 7.58. The number of likely N-dealkylation sites (tertiary alicyclic amines) is 2. The molecule has 2 aliphatic rings. The fraction of sp³-hybridized carbons (Fsp3) is 0.381. The minimum atomic E-state index is -0.224. The van der Waals surface area contributed by atoms with E-state index in [9.17, 15) is 9.90 Å². The highest BCUT2D eigenvalue weighted by Gasteiger charge is 2.37. The van der Waals surface area contributed by atoms with Gasteiger partial charge in [0.05, 0.1) is 11.8 Å². The van der Waals surface area contributed by atoms with Gasteiger partial charge in [0.15, 0.2) is 5.75 Å². The molecule has 0 aromatic heterocycles. The van der Waals surface area contributed by atoms with E-state index in [1.165, 1.54) is 0 Å². The second-order valence-corrected chi connectivity index (χ2v) is 7.34. The molecule has 142 valence electrons. The van der Waals surface area contributed by atoms with E-state index < -0.39 is 0 Å². The smallest absolute Gasteiger partial charge is 0.322 e. The number of nitrogens with one attached hydrogen (secondary N) is 1. The van der Waals surface area contributed by atoms with Gasteiger partial charge in [0.2, 0.25) is 0 Å². The van der Waals surface area contributed by atoms with Crippen LogP contribution in [0.5, 0.6) is 11.5 Å². The molecule has 1 unspecified atom stereocenters. The van der Waals surface area contributed by atoms with Crippen LogP contribution in [-0.4, -0.2) is 59.3 Å². The number of carbonyl (C=O) groups is 1. The van der Waals surface area contributed by atoms with Gasteiger partial charge in [0, 0.05) is 32.2 Å². The first-order valence-corrected chi connectivity index (χ1v) is 9.40. The van der Waals surface area contributed by atoms with Crippen LogP contribution in [0.3, 0.4) is 0 Å². The Morgan fingerprint density at radius 2 is 1.93 bits per heavy atom. The average Bonchev–Trinajstić information content (AvgIpc) is 3.03. The fourth-order valence-corrected chi connectivity index (χ4v) is 3.59. The third-order valence-electron chi connectivity index (χ3n) is 5.21. The molecule has 6 nitrogen and oxygen atoms in total. The van der Waals surface area contributed by atoms with Gasteiger partial charge in [0.1, 0.15) is 5.75 Å². The molecule has 2 saturated heterocycles. The lowest BCUT2D eigenvalue weighted by Crippen LogP contribution is -2.61. The predicted octanol–water partition coefficient (Wildman–Crippen LogP) is 3.07. The van der Waals surface area contributed by atoms with Gasteiger partial charge < -0.3 is 20.1 Å². The summed E-state index contributed by atoms with van der Waals surface area (Å²) in [6.07, 6.45) is 0.601. The summed E-state index contributed by atoms with van der Waals surface area (Å²) in [4.78, 5) is 16.7. The normalized spacial score (nSPS) is 20.4. The van der Waals surface area contributed by atoms with Crippen LogP contribution in [0.25, 0.3) is 0 Å². The van der Waals surface area contributed by atoms with Crippen LogP contribution >= 0.6 is 0 Å². The SMILES string of the molecule is Cc1ccc(Oc2ccccc2)c(NC(=O)N2CC(N3CCC(O)C3)C2)c1. The van der Waals surface area contributed by atoms with Crippen molar-refractivity contribution in [2.45, 2.75) is 25.5 Å². The van der Waals surface area contributed by atoms with Crippen molar-refractivity contribution in [3.05, 3.63) is 54.1 Å². The standard InChI is InChI=1S/C21H25N3O3/c1-15-7-8-20(27-18-5-3-2-4-6-18)19(11-15)22-21(26)24-12-16(13-24)23-10-9-17(25)14-23/h2-8,11,16-17,25H,9-10,12-14H2,1H3,(H,22,26). The molecule has 2 N–H and O–H groups in total. The highest BCUT2D eigenvalue weighted by Crippen LogP contribution is 2.31. The second-order valence-electron chi connectivity index (χ2n) is 7.34. The first kappa shape index (κ1) is 17.8. The molecule has 0 aliphatic carbocycles. The molecule has 2 heterocycles. The molecule has 2 aliphatic heterocycles. The van der Waals surface area contributed by atoms with Crippen molar-refractivity contribution in [3.63, 3.8) is 0 Å². The Morgan fingerprint density at radius 1 is 1.15 bits per heavy atom. The van der Waals surface area contributed by atoms with E-state index in [4.69, 9.17) is 4.74 Å². The van der Waals surface area contributed by atoms with Crippen molar-refractivity contribution in [1.29, 1.82) is 0 Å². The van der Waals surface area contributed by atoms with E-state index in [0.717, 1.165) is 24.3 Å². The van der Waals surface area contributed by atoms with Crippen LogP contribution in [0.15, 0.2) is 48.5 Å². The van der Waals surface area contributed by atoms with Crippen molar-refractivity contribution < 1.29 is 14.6 Å². The van der Waals surface area contributed by atoms with E-state index >= 15 is 0 Å². The van der Waals surface area contributed by atoms with Gasteiger partial charge in [-0.25, -0.2) is 4.79 Å². The fourth-order valence-electron chi connectivity index (χ4n) is 3.59. The zero-order valence-electron chi connectivity index (χ0n) is 15.5. The van der Waals surface area contributed by atoms with E-state index in [1.807, 2.05) is 55.5 Å². The molecular weight excluding hydrogens is 342 g/mol. The number of carbonyl (C=O) groups excluding carboxylic acids is 1. The van der Waals surface area contributed by atoms with Crippen molar-refractivity contribution in [3.8, 4) is 11.5 Å². The average molecular weight is 367 g/mol. The minimum absolute atomic E-state index is 0.116. The molecule has 0 bridgehead atoms. The van der Waals surface area contributed by atoms with Gasteiger partial charge in [0.25, 0.3) is 0 Å². The number of hydrogen-bond acceptors (Lipinski definition) is 4. The van der Waals surface area contributed by atoms with Crippen LogP contribution in [0.4, 0.5) is 10.5 Å². The molecular formula is C21H25N3O3. The number of amides is 2.